The number of Topliss-reactive ketones (excluding diaryl/α,β-unsaturated/α-hetero) is 1. The van der Waals surface area contributed by atoms with E-state index in [0.717, 1.165) is 38.8 Å². The molecule has 28 heavy (non-hydrogen) atoms. The molecule has 0 saturated carbocycles. The third-order valence-corrected chi connectivity index (χ3v) is 9.31. The van der Waals surface area contributed by atoms with Gasteiger partial charge in [0.2, 0.25) is 0 Å². The Hall–Kier alpha value is -0.510. The first-order valence-electron chi connectivity index (χ1n) is 10.6. The van der Waals surface area contributed by atoms with Gasteiger partial charge < -0.3 is 0 Å². The average molecular weight is 437 g/mol. The Morgan fingerprint density at radius 1 is 0.786 bits per heavy atom. The van der Waals surface area contributed by atoms with Crippen molar-refractivity contribution >= 4 is 25.5 Å². The predicted molar refractivity (Wildman–Crippen MR) is 112 cm³/mol. The molecule has 2 heterocycles. The topological polar surface area (TPSA) is 91.8 Å². The first kappa shape index (κ1) is 23.8. The SMILES string of the molecule is CCCCN(CC(=O)CN(CCCC)[C@H]1CCS(=O)(=O)C1)[C@H]1CCS(=O)(=O)C1. The molecule has 0 aromatic heterocycles. The minimum atomic E-state index is -2.99. The number of carbonyl (C=O) groups is 1. The Morgan fingerprint density at radius 2 is 1.18 bits per heavy atom. The molecule has 0 aliphatic carbocycles. The molecule has 2 aliphatic rings. The zero-order valence-corrected chi connectivity index (χ0v) is 18.9. The molecular formula is C19H36N2O5S2. The monoisotopic (exact) mass is 436 g/mol. The molecule has 2 fully saturated rings. The van der Waals surface area contributed by atoms with Crippen LogP contribution in [-0.4, -0.2) is 93.7 Å². The summed E-state index contributed by atoms with van der Waals surface area (Å²) in [6, 6.07) is -0.145. The van der Waals surface area contributed by atoms with Crippen LogP contribution in [0, 0.1) is 0 Å². The van der Waals surface area contributed by atoms with E-state index < -0.39 is 19.7 Å². The van der Waals surface area contributed by atoms with Crippen molar-refractivity contribution in [1.82, 2.24) is 9.80 Å². The summed E-state index contributed by atoms with van der Waals surface area (Å²) in [7, 11) is -5.99. The Kier molecular flexibility index (Phi) is 8.91. The van der Waals surface area contributed by atoms with Crippen LogP contribution in [0.3, 0.4) is 0 Å². The van der Waals surface area contributed by atoms with Crippen LogP contribution in [0.15, 0.2) is 0 Å². The Bertz CT molecular complexity index is 661. The lowest BCUT2D eigenvalue weighted by molar-refractivity contribution is -0.122. The van der Waals surface area contributed by atoms with Gasteiger partial charge in [-0.3, -0.25) is 14.6 Å². The van der Waals surface area contributed by atoms with Crippen LogP contribution < -0.4 is 0 Å². The van der Waals surface area contributed by atoms with Crippen LogP contribution in [0.2, 0.25) is 0 Å². The van der Waals surface area contributed by atoms with Gasteiger partial charge in [-0.05, 0) is 38.8 Å². The maximum absolute atomic E-state index is 12.8. The zero-order valence-electron chi connectivity index (χ0n) is 17.3. The molecule has 2 rings (SSSR count). The van der Waals surface area contributed by atoms with Crippen molar-refractivity contribution in [2.75, 3.05) is 49.2 Å². The molecule has 0 N–H and O–H groups in total. The number of hydrogen-bond donors (Lipinski definition) is 0. The van der Waals surface area contributed by atoms with E-state index in [1.807, 2.05) is 9.80 Å². The van der Waals surface area contributed by atoms with Crippen LogP contribution in [0.5, 0.6) is 0 Å². The number of ketones is 1. The van der Waals surface area contributed by atoms with E-state index >= 15 is 0 Å². The van der Waals surface area contributed by atoms with Gasteiger partial charge in [0, 0.05) is 12.1 Å². The molecule has 0 spiro atoms. The lowest BCUT2D eigenvalue weighted by Gasteiger charge is -2.30. The van der Waals surface area contributed by atoms with Gasteiger partial charge >= 0.3 is 0 Å². The molecule has 7 nitrogen and oxygen atoms in total. The van der Waals surface area contributed by atoms with Gasteiger partial charge in [-0.1, -0.05) is 26.7 Å². The fraction of sp³-hybridized carbons (Fsp3) is 0.947. The molecule has 0 bridgehead atoms. The van der Waals surface area contributed by atoms with Gasteiger partial charge in [-0.25, -0.2) is 16.8 Å². The first-order chi connectivity index (χ1) is 13.2. The van der Waals surface area contributed by atoms with Crippen molar-refractivity contribution < 1.29 is 21.6 Å². The Balaban J connectivity index is 1.99. The average Bonchev–Trinajstić information content (AvgIpc) is 3.16. The molecule has 0 unspecified atom stereocenters. The van der Waals surface area contributed by atoms with Gasteiger partial charge in [0.25, 0.3) is 0 Å². The number of hydrogen-bond acceptors (Lipinski definition) is 7. The van der Waals surface area contributed by atoms with E-state index in [1.165, 1.54) is 0 Å². The number of nitrogens with zero attached hydrogens (tertiary/aromatic N) is 2. The van der Waals surface area contributed by atoms with E-state index in [0.29, 0.717) is 12.8 Å². The maximum atomic E-state index is 12.8. The lowest BCUT2D eigenvalue weighted by Crippen LogP contribution is -2.46. The van der Waals surface area contributed by atoms with Crippen molar-refractivity contribution in [3.05, 3.63) is 0 Å². The number of sulfone groups is 2. The fourth-order valence-electron chi connectivity index (χ4n) is 4.13. The molecular weight excluding hydrogens is 400 g/mol. The number of carbonyl (C=O) groups excluding carboxylic acids is 1. The summed E-state index contributed by atoms with van der Waals surface area (Å²) in [6.45, 7) is 6.13. The van der Waals surface area contributed by atoms with Crippen LogP contribution >= 0.6 is 0 Å². The molecule has 2 aliphatic heterocycles. The third-order valence-electron chi connectivity index (χ3n) is 5.81. The van der Waals surface area contributed by atoms with Crippen molar-refractivity contribution in [2.24, 2.45) is 0 Å². The summed E-state index contributed by atoms with van der Waals surface area (Å²) < 4.78 is 47.4. The molecule has 0 aromatic rings. The second-order valence-electron chi connectivity index (χ2n) is 8.30. The summed E-state index contributed by atoms with van der Waals surface area (Å²) in [4.78, 5) is 16.9. The van der Waals surface area contributed by atoms with E-state index in [4.69, 9.17) is 0 Å². The Labute approximate surface area is 170 Å². The van der Waals surface area contributed by atoms with Crippen molar-refractivity contribution in [3.63, 3.8) is 0 Å². The summed E-state index contributed by atoms with van der Waals surface area (Å²) in [5.41, 5.74) is 0. The van der Waals surface area contributed by atoms with E-state index in [1.54, 1.807) is 0 Å². The predicted octanol–water partition coefficient (Wildman–Crippen LogP) is 1.13. The van der Waals surface area contributed by atoms with Crippen LogP contribution in [0.4, 0.5) is 0 Å². The van der Waals surface area contributed by atoms with Gasteiger partial charge in [0.1, 0.15) is 0 Å². The minimum Gasteiger partial charge on any atom is -0.297 e. The summed E-state index contributed by atoms with van der Waals surface area (Å²) in [6.07, 6.45) is 5.05. The molecule has 0 radical (unpaired) electrons. The van der Waals surface area contributed by atoms with Crippen LogP contribution in [-0.2, 0) is 24.5 Å². The number of unbranched alkanes of at least 4 members (excludes halogenated alkanes) is 2. The molecule has 2 atom stereocenters. The van der Waals surface area contributed by atoms with Gasteiger partial charge in [0.05, 0.1) is 36.1 Å². The van der Waals surface area contributed by atoms with E-state index in [9.17, 15) is 21.6 Å². The Morgan fingerprint density at radius 3 is 1.46 bits per heavy atom. The van der Waals surface area contributed by atoms with Crippen molar-refractivity contribution in [1.29, 1.82) is 0 Å². The summed E-state index contributed by atoms with van der Waals surface area (Å²) in [5.74, 6) is 0.754. The van der Waals surface area contributed by atoms with Crippen LogP contribution in [0.1, 0.15) is 52.4 Å². The highest BCUT2D eigenvalue weighted by Crippen LogP contribution is 2.20. The van der Waals surface area contributed by atoms with Crippen LogP contribution in [0.25, 0.3) is 0 Å². The van der Waals surface area contributed by atoms with Gasteiger partial charge in [0.15, 0.2) is 25.5 Å². The van der Waals surface area contributed by atoms with E-state index in [-0.39, 0.29) is 54.0 Å². The zero-order chi connectivity index (χ0) is 20.8. The van der Waals surface area contributed by atoms with Gasteiger partial charge in [-0.2, -0.15) is 0 Å². The quantitative estimate of drug-likeness (QED) is 0.453. The summed E-state index contributed by atoms with van der Waals surface area (Å²) in [5, 5.41) is 0. The van der Waals surface area contributed by atoms with E-state index in [2.05, 4.69) is 13.8 Å². The first-order valence-corrected chi connectivity index (χ1v) is 14.2. The minimum absolute atomic E-state index is 0.0563. The molecule has 9 heteroatoms. The fourth-order valence-corrected chi connectivity index (χ4v) is 7.66. The second kappa shape index (κ2) is 10.5. The molecule has 0 amide bonds. The highest BCUT2D eigenvalue weighted by molar-refractivity contribution is 7.91. The molecule has 2 saturated heterocycles. The largest absolute Gasteiger partial charge is 0.297 e. The van der Waals surface area contributed by atoms with Crippen molar-refractivity contribution in [3.8, 4) is 0 Å². The smallest absolute Gasteiger partial charge is 0.160 e. The standard InChI is InChI=1S/C19H36N2O5S2/c1-3-5-9-20(17-7-11-27(23,24)15-17)13-19(22)14-21(10-6-4-2)18-8-12-28(25,26)16-18/h17-18H,3-16H2,1-2H3/t17-,18-/m0/s1. The third kappa shape index (κ3) is 7.39. The van der Waals surface area contributed by atoms with Crippen molar-refractivity contribution in [2.45, 2.75) is 64.5 Å². The highest BCUT2D eigenvalue weighted by Gasteiger charge is 2.35. The molecule has 0 aromatic carbocycles. The number of rotatable bonds is 12. The van der Waals surface area contributed by atoms with Gasteiger partial charge in [-0.15, -0.1) is 0 Å². The normalized spacial score (nSPS) is 26.3. The second-order valence-corrected chi connectivity index (χ2v) is 12.8. The summed E-state index contributed by atoms with van der Waals surface area (Å²) >= 11 is 0. The molecule has 164 valence electrons. The maximum Gasteiger partial charge on any atom is 0.160 e. The lowest BCUT2D eigenvalue weighted by atomic mass is 10.1. The highest BCUT2D eigenvalue weighted by atomic mass is 32.2.